The van der Waals surface area contributed by atoms with Crippen LogP contribution in [-0.4, -0.2) is 4.57 Å². The van der Waals surface area contributed by atoms with Gasteiger partial charge in [-0.25, -0.2) is 0 Å². The van der Waals surface area contributed by atoms with Crippen molar-refractivity contribution in [1.82, 2.24) is 4.57 Å². The summed E-state index contributed by atoms with van der Waals surface area (Å²) in [4.78, 5) is 0. The number of para-hydroxylation sites is 1. The maximum absolute atomic E-state index is 2.48. The first-order valence-corrected chi connectivity index (χ1v) is 10.3. The number of nitrogens with zero attached hydrogens (tertiary/aromatic N) is 1. The van der Waals surface area contributed by atoms with E-state index in [1.165, 1.54) is 55.3 Å². The first-order chi connectivity index (χ1) is 14.1. The molecule has 1 heteroatoms. The number of aromatic nitrogens is 1. The molecule has 6 rings (SSSR count). The van der Waals surface area contributed by atoms with Crippen LogP contribution in [0.4, 0.5) is 0 Å². The van der Waals surface area contributed by atoms with Gasteiger partial charge in [0.05, 0.1) is 16.7 Å². The standard InChI is InChI=1S/C28H23N/c1-18-13-14-25-21(15-18)22-16-20(19-9-5-4-6-10-19)17-24-27(22)29(25)26-12-8-7-11-23(26)28(24,2)3/h4-17H,1-3H3. The van der Waals surface area contributed by atoms with Gasteiger partial charge in [-0.05, 0) is 59.5 Å². The molecule has 0 aliphatic carbocycles. The van der Waals surface area contributed by atoms with Crippen molar-refractivity contribution in [2.45, 2.75) is 26.2 Å². The van der Waals surface area contributed by atoms with Gasteiger partial charge in [-0.1, -0.05) is 74.0 Å². The second-order valence-electron chi connectivity index (χ2n) is 8.78. The van der Waals surface area contributed by atoms with Crippen LogP contribution < -0.4 is 0 Å². The summed E-state index contributed by atoms with van der Waals surface area (Å²) < 4.78 is 2.48. The predicted molar refractivity (Wildman–Crippen MR) is 123 cm³/mol. The Morgan fingerprint density at radius 1 is 0.655 bits per heavy atom. The third kappa shape index (κ3) is 2.16. The zero-order chi connectivity index (χ0) is 19.8. The molecular formula is C28H23N. The molecule has 0 amide bonds. The summed E-state index contributed by atoms with van der Waals surface area (Å²) >= 11 is 0. The lowest BCUT2D eigenvalue weighted by atomic mass is 9.74. The first-order valence-electron chi connectivity index (χ1n) is 10.3. The van der Waals surface area contributed by atoms with Crippen LogP contribution in [0.3, 0.4) is 0 Å². The first kappa shape index (κ1) is 16.6. The van der Waals surface area contributed by atoms with E-state index >= 15 is 0 Å². The van der Waals surface area contributed by atoms with Crippen molar-refractivity contribution < 1.29 is 0 Å². The van der Waals surface area contributed by atoms with Crippen LogP contribution in [0.5, 0.6) is 0 Å². The topological polar surface area (TPSA) is 4.93 Å². The van der Waals surface area contributed by atoms with Crippen molar-refractivity contribution >= 4 is 21.8 Å². The molecule has 4 aromatic carbocycles. The summed E-state index contributed by atoms with van der Waals surface area (Å²) in [6.45, 7) is 6.91. The van der Waals surface area contributed by atoms with E-state index in [-0.39, 0.29) is 5.41 Å². The number of hydrogen-bond donors (Lipinski definition) is 0. The second-order valence-corrected chi connectivity index (χ2v) is 8.78. The van der Waals surface area contributed by atoms with Crippen LogP contribution in [0.15, 0.2) is 84.9 Å². The molecule has 1 aliphatic rings. The second kappa shape index (κ2) is 5.61. The Labute approximate surface area is 171 Å². The highest BCUT2D eigenvalue weighted by molar-refractivity contribution is 6.13. The van der Waals surface area contributed by atoms with E-state index in [0.29, 0.717) is 0 Å². The molecule has 0 saturated heterocycles. The maximum atomic E-state index is 2.48. The van der Waals surface area contributed by atoms with Gasteiger partial charge in [0.2, 0.25) is 0 Å². The molecule has 1 aliphatic heterocycles. The highest BCUT2D eigenvalue weighted by atomic mass is 15.0. The third-order valence-electron chi connectivity index (χ3n) is 6.62. The number of aryl methyl sites for hydroxylation is 1. The Kier molecular flexibility index (Phi) is 3.21. The van der Waals surface area contributed by atoms with E-state index in [1.54, 1.807) is 0 Å². The Bertz CT molecular complexity index is 1420. The summed E-state index contributed by atoms with van der Waals surface area (Å²) in [5.74, 6) is 0. The summed E-state index contributed by atoms with van der Waals surface area (Å²) in [6, 6.07) is 31.3. The van der Waals surface area contributed by atoms with Gasteiger partial charge in [0.1, 0.15) is 0 Å². The highest BCUT2D eigenvalue weighted by Gasteiger charge is 2.35. The fourth-order valence-electron chi connectivity index (χ4n) is 5.13. The lowest BCUT2D eigenvalue weighted by Gasteiger charge is -2.35. The quantitative estimate of drug-likeness (QED) is 0.288. The monoisotopic (exact) mass is 373 g/mol. The minimum atomic E-state index is -0.0565. The van der Waals surface area contributed by atoms with Crippen molar-refractivity contribution in [1.29, 1.82) is 0 Å². The zero-order valence-electron chi connectivity index (χ0n) is 17.0. The molecule has 0 fully saturated rings. The average molecular weight is 373 g/mol. The number of rotatable bonds is 1. The summed E-state index contributed by atoms with van der Waals surface area (Å²) in [7, 11) is 0. The molecule has 0 unspecified atom stereocenters. The number of fused-ring (bicyclic) bond motifs is 5. The van der Waals surface area contributed by atoms with Gasteiger partial charge in [-0.2, -0.15) is 0 Å². The van der Waals surface area contributed by atoms with Gasteiger partial charge in [0, 0.05) is 16.2 Å². The largest absolute Gasteiger partial charge is 0.309 e. The van der Waals surface area contributed by atoms with Crippen molar-refractivity contribution in [2.75, 3.05) is 0 Å². The fraction of sp³-hybridized carbons (Fsp3) is 0.143. The molecule has 2 heterocycles. The van der Waals surface area contributed by atoms with E-state index in [2.05, 4.69) is 110 Å². The molecule has 140 valence electrons. The summed E-state index contributed by atoms with van der Waals surface area (Å²) in [6.07, 6.45) is 0. The van der Waals surface area contributed by atoms with Crippen molar-refractivity contribution in [2.24, 2.45) is 0 Å². The van der Waals surface area contributed by atoms with Gasteiger partial charge < -0.3 is 4.57 Å². The number of benzene rings is 4. The molecule has 0 radical (unpaired) electrons. The van der Waals surface area contributed by atoms with Gasteiger partial charge in [0.25, 0.3) is 0 Å². The molecule has 0 N–H and O–H groups in total. The SMILES string of the molecule is Cc1ccc2c(c1)c1cc(-c3ccccc3)cc3c1n2-c1ccccc1C3(C)C. The van der Waals surface area contributed by atoms with E-state index < -0.39 is 0 Å². The molecule has 5 aromatic rings. The van der Waals surface area contributed by atoms with Gasteiger partial charge in [-0.3, -0.25) is 0 Å². The Morgan fingerprint density at radius 3 is 2.24 bits per heavy atom. The molecule has 1 aromatic heterocycles. The van der Waals surface area contributed by atoms with Crippen molar-refractivity contribution in [3.63, 3.8) is 0 Å². The minimum absolute atomic E-state index is 0.0565. The van der Waals surface area contributed by atoms with Crippen LogP contribution in [0.25, 0.3) is 38.6 Å². The summed E-state index contributed by atoms with van der Waals surface area (Å²) in [5, 5.41) is 2.69. The lowest BCUT2D eigenvalue weighted by Crippen LogP contribution is -2.26. The molecule has 1 nitrogen and oxygen atoms in total. The normalized spacial score (nSPS) is 14.3. The van der Waals surface area contributed by atoms with Crippen LogP contribution in [0.2, 0.25) is 0 Å². The smallest absolute Gasteiger partial charge is 0.0582 e. The van der Waals surface area contributed by atoms with E-state index in [0.717, 1.165) is 0 Å². The van der Waals surface area contributed by atoms with Crippen LogP contribution in [0, 0.1) is 6.92 Å². The van der Waals surface area contributed by atoms with E-state index in [1.807, 2.05) is 0 Å². The average Bonchev–Trinajstić information content (AvgIpc) is 3.06. The molecule has 0 saturated carbocycles. The van der Waals surface area contributed by atoms with Crippen molar-refractivity contribution in [3.8, 4) is 16.8 Å². The fourth-order valence-corrected chi connectivity index (χ4v) is 5.13. The summed E-state index contributed by atoms with van der Waals surface area (Å²) in [5.41, 5.74) is 10.6. The lowest BCUT2D eigenvalue weighted by molar-refractivity contribution is 0.630. The van der Waals surface area contributed by atoms with Gasteiger partial charge in [0.15, 0.2) is 0 Å². The molecule has 0 spiro atoms. The van der Waals surface area contributed by atoms with E-state index in [9.17, 15) is 0 Å². The molecular weight excluding hydrogens is 350 g/mol. The van der Waals surface area contributed by atoms with Gasteiger partial charge >= 0.3 is 0 Å². The molecule has 0 atom stereocenters. The Morgan fingerprint density at radius 2 is 1.41 bits per heavy atom. The highest BCUT2D eigenvalue weighted by Crippen LogP contribution is 2.48. The van der Waals surface area contributed by atoms with Gasteiger partial charge in [-0.15, -0.1) is 0 Å². The van der Waals surface area contributed by atoms with Crippen LogP contribution in [0.1, 0.15) is 30.5 Å². The minimum Gasteiger partial charge on any atom is -0.309 e. The molecule has 29 heavy (non-hydrogen) atoms. The predicted octanol–water partition coefficient (Wildman–Crippen LogP) is 7.40. The van der Waals surface area contributed by atoms with E-state index in [4.69, 9.17) is 0 Å². The van der Waals surface area contributed by atoms with Crippen LogP contribution in [-0.2, 0) is 5.41 Å². The maximum Gasteiger partial charge on any atom is 0.0582 e. The van der Waals surface area contributed by atoms with Crippen LogP contribution >= 0.6 is 0 Å². The van der Waals surface area contributed by atoms with Crippen molar-refractivity contribution in [3.05, 3.63) is 102 Å². The number of hydrogen-bond acceptors (Lipinski definition) is 0. The zero-order valence-corrected chi connectivity index (χ0v) is 17.0. The third-order valence-corrected chi connectivity index (χ3v) is 6.62. The molecule has 0 bridgehead atoms. The Balaban J connectivity index is 1.86. The Hall–Kier alpha value is -3.32.